The lowest BCUT2D eigenvalue weighted by Gasteiger charge is -2.45. The van der Waals surface area contributed by atoms with Crippen molar-refractivity contribution in [3.63, 3.8) is 0 Å². The standard InChI is InChI=1S/C33H37Cl2N3O3/c1-40-27-7-4-6-26(22-27)36-31(39)38-19-20-41-33(23-38,25-9-10-29(34)30(35)21-25)15-18-37-16-13-32(14-17-37)12-11-24-5-2-3-8-28(24)32/h2-10,21-22H,11-20,23H2,1H3,(H,36,39). The molecular formula is C33H37Cl2N3O3. The highest BCUT2D eigenvalue weighted by molar-refractivity contribution is 6.42. The Hall–Kier alpha value is -2.77. The van der Waals surface area contributed by atoms with E-state index >= 15 is 0 Å². The van der Waals surface area contributed by atoms with Crippen molar-refractivity contribution >= 4 is 34.9 Å². The van der Waals surface area contributed by atoms with Gasteiger partial charge in [-0.25, -0.2) is 4.79 Å². The van der Waals surface area contributed by atoms with E-state index in [4.69, 9.17) is 32.7 Å². The maximum Gasteiger partial charge on any atom is 0.322 e. The first-order valence-electron chi connectivity index (χ1n) is 14.5. The number of morpholine rings is 1. The van der Waals surface area contributed by atoms with Gasteiger partial charge in [0.1, 0.15) is 11.4 Å². The van der Waals surface area contributed by atoms with Gasteiger partial charge in [0, 0.05) is 24.8 Å². The summed E-state index contributed by atoms with van der Waals surface area (Å²) < 4.78 is 11.9. The average molecular weight is 595 g/mol. The van der Waals surface area contributed by atoms with Gasteiger partial charge in [0.2, 0.25) is 0 Å². The Morgan fingerprint density at radius 3 is 2.61 bits per heavy atom. The molecule has 1 aliphatic carbocycles. The van der Waals surface area contributed by atoms with Crippen LogP contribution >= 0.6 is 23.2 Å². The number of ether oxygens (including phenoxy) is 2. The Morgan fingerprint density at radius 2 is 1.80 bits per heavy atom. The molecule has 6 nitrogen and oxygen atoms in total. The molecule has 0 radical (unpaired) electrons. The molecule has 41 heavy (non-hydrogen) atoms. The summed E-state index contributed by atoms with van der Waals surface area (Å²) in [7, 11) is 1.61. The molecule has 1 atom stereocenters. The molecule has 0 aromatic heterocycles. The van der Waals surface area contributed by atoms with E-state index in [1.165, 1.54) is 31.2 Å². The number of benzene rings is 3. The predicted octanol–water partition coefficient (Wildman–Crippen LogP) is 7.13. The van der Waals surface area contributed by atoms with Gasteiger partial charge in [-0.1, -0.05) is 59.6 Å². The zero-order valence-corrected chi connectivity index (χ0v) is 25.0. The lowest BCUT2D eigenvalue weighted by atomic mass is 9.73. The Kier molecular flexibility index (Phi) is 8.19. The molecule has 2 aliphatic heterocycles. The van der Waals surface area contributed by atoms with E-state index in [9.17, 15) is 4.79 Å². The van der Waals surface area contributed by atoms with Crippen LogP contribution in [-0.2, 0) is 22.2 Å². The molecule has 6 rings (SSSR count). The third kappa shape index (κ3) is 5.80. The van der Waals surface area contributed by atoms with Crippen LogP contribution in [0.1, 0.15) is 42.4 Å². The first kappa shape index (κ1) is 28.4. The number of methoxy groups -OCH3 is 1. The summed E-state index contributed by atoms with van der Waals surface area (Å²) in [6.07, 6.45) is 5.56. The van der Waals surface area contributed by atoms with Crippen LogP contribution in [-0.4, -0.2) is 62.3 Å². The van der Waals surface area contributed by atoms with Crippen molar-refractivity contribution in [3.8, 4) is 5.75 Å². The van der Waals surface area contributed by atoms with Gasteiger partial charge in [-0.2, -0.15) is 0 Å². The van der Waals surface area contributed by atoms with E-state index in [2.05, 4.69) is 34.5 Å². The summed E-state index contributed by atoms with van der Waals surface area (Å²) >= 11 is 12.8. The van der Waals surface area contributed by atoms with Gasteiger partial charge in [-0.05, 0) is 91.6 Å². The second kappa shape index (κ2) is 11.8. The summed E-state index contributed by atoms with van der Waals surface area (Å²) in [5, 5.41) is 4.03. The third-order valence-corrected chi connectivity index (χ3v) is 10.1. The zero-order valence-electron chi connectivity index (χ0n) is 23.5. The molecule has 1 spiro atoms. The van der Waals surface area contributed by atoms with Crippen molar-refractivity contribution < 1.29 is 14.3 Å². The van der Waals surface area contributed by atoms with Gasteiger partial charge in [0.15, 0.2) is 0 Å². The van der Waals surface area contributed by atoms with E-state index in [0.29, 0.717) is 46.6 Å². The molecule has 2 heterocycles. The second-order valence-electron chi connectivity index (χ2n) is 11.6. The highest BCUT2D eigenvalue weighted by atomic mass is 35.5. The molecule has 3 aromatic carbocycles. The molecule has 8 heteroatoms. The van der Waals surface area contributed by atoms with Crippen LogP contribution in [0.5, 0.6) is 5.75 Å². The molecule has 0 bridgehead atoms. The zero-order chi connectivity index (χ0) is 28.5. The predicted molar refractivity (Wildman–Crippen MR) is 164 cm³/mol. The van der Waals surface area contributed by atoms with E-state index in [1.54, 1.807) is 12.7 Å². The summed E-state index contributed by atoms with van der Waals surface area (Å²) in [5.41, 5.74) is 4.38. The Labute approximate surface area is 252 Å². The number of amides is 2. The number of rotatable bonds is 6. The fourth-order valence-electron chi connectivity index (χ4n) is 6.94. The Morgan fingerprint density at radius 1 is 0.976 bits per heavy atom. The number of aryl methyl sites for hydroxylation is 1. The normalized spacial score (nSPS) is 22.0. The highest BCUT2D eigenvalue weighted by Gasteiger charge is 2.43. The number of piperidine rings is 1. The maximum absolute atomic E-state index is 13.4. The van der Waals surface area contributed by atoms with E-state index < -0.39 is 5.60 Å². The highest BCUT2D eigenvalue weighted by Crippen LogP contribution is 2.46. The van der Waals surface area contributed by atoms with Crippen molar-refractivity contribution in [3.05, 3.63) is 93.5 Å². The van der Waals surface area contributed by atoms with Crippen molar-refractivity contribution in [2.75, 3.05) is 51.8 Å². The fraction of sp³-hybridized carbons (Fsp3) is 0.424. The summed E-state index contributed by atoms with van der Waals surface area (Å²) in [6, 6.07) is 21.9. The number of urea groups is 1. The number of nitrogens with zero attached hydrogens (tertiary/aromatic N) is 2. The number of nitrogens with one attached hydrogen (secondary N) is 1. The van der Waals surface area contributed by atoms with Gasteiger partial charge in [0.05, 0.1) is 30.3 Å². The van der Waals surface area contributed by atoms with Crippen molar-refractivity contribution in [2.45, 2.75) is 43.1 Å². The van der Waals surface area contributed by atoms with Crippen LogP contribution in [0, 0.1) is 0 Å². The minimum atomic E-state index is -0.687. The van der Waals surface area contributed by atoms with Gasteiger partial charge in [0.25, 0.3) is 0 Å². The quantitative estimate of drug-likeness (QED) is 0.330. The molecule has 2 amide bonds. The van der Waals surface area contributed by atoms with Crippen LogP contribution < -0.4 is 10.1 Å². The Bertz CT molecular complexity index is 1410. The number of likely N-dealkylation sites (tertiary alicyclic amines) is 1. The lowest BCUT2D eigenvalue weighted by Crippen LogP contribution is -2.54. The van der Waals surface area contributed by atoms with Crippen LogP contribution in [0.25, 0.3) is 0 Å². The lowest BCUT2D eigenvalue weighted by molar-refractivity contribution is -0.111. The van der Waals surface area contributed by atoms with Crippen molar-refractivity contribution in [1.82, 2.24) is 9.80 Å². The number of hydrogen-bond acceptors (Lipinski definition) is 4. The third-order valence-electron chi connectivity index (χ3n) is 9.35. The average Bonchev–Trinajstić information content (AvgIpc) is 3.36. The first-order chi connectivity index (χ1) is 19.9. The van der Waals surface area contributed by atoms with Crippen molar-refractivity contribution in [2.24, 2.45) is 0 Å². The number of carbonyl (C=O) groups is 1. The molecule has 2 saturated heterocycles. The van der Waals surface area contributed by atoms with E-state index in [-0.39, 0.29) is 6.03 Å². The topological polar surface area (TPSA) is 54.0 Å². The molecule has 1 N–H and O–H groups in total. The number of hydrogen-bond donors (Lipinski definition) is 1. The number of anilines is 1. The minimum Gasteiger partial charge on any atom is -0.497 e. The molecule has 216 valence electrons. The SMILES string of the molecule is COc1cccc(NC(=O)N2CCOC(CCN3CCC4(CCc5ccccc54)CC3)(c3ccc(Cl)c(Cl)c3)C2)c1. The second-order valence-corrected chi connectivity index (χ2v) is 12.4. The molecular weight excluding hydrogens is 557 g/mol. The molecule has 2 fully saturated rings. The fourth-order valence-corrected chi connectivity index (χ4v) is 7.24. The summed E-state index contributed by atoms with van der Waals surface area (Å²) in [4.78, 5) is 17.8. The van der Waals surface area contributed by atoms with Gasteiger partial charge < -0.3 is 24.6 Å². The monoisotopic (exact) mass is 593 g/mol. The van der Waals surface area contributed by atoms with E-state index in [1.807, 2.05) is 47.4 Å². The Balaban J connectivity index is 1.17. The van der Waals surface area contributed by atoms with Crippen LogP contribution in [0.2, 0.25) is 10.0 Å². The number of fused-ring (bicyclic) bond motifs is 2. The molecule has 1 unspecified atom stereocenters. The largest absolute Gasteiger partial charge is 0.497 e. The smallest absolute Gasteiger partial charge is 0.322 e. The van der Waals surface area contributed by atoms with Crippen LogP contribution in [0.3, 0.4) is 0 Å². The first-order valence-corrected chi connectivity index (χ1v) is 15.3. The van der Waals surface area contributed by atoms with Gasteiger partial charge in [-0.3, -0.25) is 0 Å². The van der Waals surface area contributed by atoms with Crippen LogP contribution in [0.4, 0.5) is 10.5 Å². The molecule has 3 aliphatic rings. The van der Waals surface area contributed by atoms with E-state index in [0.717, 1.165) is 31.6 Å². The number of carbonyl (C=O) groups excluding carboxylic acids is 1. The summed E-state index contributed by atoms with van der Waals surface area (Å²) in [6.45, 7) is 4.36. The van der Waals surface area contributed by atoms with Crippen molar-refractivity contribution in [1.29, 1.82) is 0 Å². The summed E-state index contributed by atoms with van der Waals surface area (Å²) in [5.74, 6) is 0.694. The number of halogens is 2. The van der Waals surface area contributed by atoms with Gasteiger partial charge in [-0.15, -0.1) is 0 Å². The minimum absolute atomic E-state index is 0.161. The van der Waals surface area contributed by atoms with Crippen LogP contribution in [0.15, 0.2) is 66.7 Å². The maximum atomic E-state index is 13.4. The van der Waals surface area contributed by atoms with Gasteiger partial charge >= 0.3 is 6.03 Å². The molecule has 0 saturated carbocycles. The molecule has 3 aromatic rings.